The van der Waals surface area contributed by atoms with Crippen LogP contribution in [-0.2, 0) is 17.5 Å². The van der Waals surface area contributed by atoms with Crippen molar-refractivity contribution in [1.29, 1.82) is 0 Å². The van der Waals surface area contributed by atoms with E-state index in [-0.39, 0.29) is 24.7 Å². The van der Waals surface area contributed by atoms with Crippen molar-refractivity contribution in [1.82, 2.24) is 9.88 Å². The third-order valence-electron chi connectivity index (χ3n) is 6.73. The number of carbonyl (C=O) groups excluding carboxylic acids is 1. The summed E-state index contributed by atoms with van der Waals surface area (Å²) < 4.78 is 49.6. The van der Waals surface area contributed by atoms with Gasteiger partial charge in [0.25, 0.3) is 0 Å². The molecule has 0 saturated carbocycles. The van der Waals surface area contributed by atoms with E-state index >= 15 is 0 Å². The first-order valence-electron chi connectivity index (χ1n) is 12.6. The number of halogens is 3. The summed E-state index contributed by atoms with van der Waals surface area (Å²) in [7, 11) is 0. The summed E-state index contributed by atoms with van der Waals surface area (Å²) in [6.07, 6.45) is -1.81. The number of hydrogen-bond acceptors (Lipinski definition) is 6. The molecule has 0 bridgehead atoms. The lowest BCUT2D eigenvalue weighted by molar-refractivity contribution is -0.137. The Kier molecular flexibility index (Phi) is 7.87. The van der Waals surface area contributed by atoms with Crippen LogP contribution < -0.4 is 9.64 Å². The molecule has 1 aromatic heterocycles. The lowest BCUT2D eigenvalue weighted by atomic mass is 9.88. The predicted octanol–water partition coefficient (Wildman–Crippen LogP) is 5.36. The second kappa shape index (κ2) is 10.8. The van der Waals surface area contributed by atoms with Crippen molar-refractivity contribution < 1.29 is 32.5 Å². The molecule has 2 fully saturated rings. The van der Waals surface area contributed by atoms with Crippen molar-refractivity contribution in [2.75, 3.05) is 31.1 Å². The summed E-state index contributed by atoms with van der Waals surface area (Å²) >= 11 is 0. The second-order valence-corrected chi connectivity index (χ2v) is 10.6. The first-order chi connectivity index (χ1) is 17.4. The van der Waals surface area contributed by atoms with Crippen LogP contribution in [0.15, 0.2) is 36.5 Å². The predicted molar refractivity (Wildman–Crippen MR) is 133 cm³/mol. The van der Waals surface area contributed by atoms with Crippen LogP contribution in [0, 0.1) is 0 Å². The van der Waals surface area contributed by atoms with Gasteiger partial charge in [-0.25, -0.2) is 9.78 Å². The van der Waals surface area contributed by atoms with Crippen LogP contribution in [0.2, 0.25) is 0 Å². The largest absolute Gasteiger partial charge is 0.472 e. The summed E-state index contributed by atoms with van der Waals surface area (Å²) in [6.45, 7) is 7.96. The highest BCUT2D eigenvalue weighted by Gasteiger charge is 2.32. The standard InChI is InChI=1S/C27H34F3N3O4/c1-26(2,3)37-25(35)32-11-8-18(9-12-32)19-4-6-23(20(14-19)17-34)33-13-10-22(16-33)36-24-7-5-21(15-31-24)27(28,29)30/h4-7,14-15,18,22,34H,8-13,16-17H2,1-3H3. The Balaban J connectivity index is 1.35. The molecule has 37 heavy (non-hydrogen) atoms. The zero-order valence-corrected chi connectivity index (χ0v) is 21.4. The van der Waals surface area contributed by atoms with Crippen molar-refractivity contribution in [3.63, 3.8) is 0 Å². The molecule has 0 radical (unpaired) electrons. The number of hydrogen-bond donors (Lipinski definition) is 1. The van der Waals surface area contributed by atoms with Crippen molar-refractivity contribution in [3.8, 4) is 5.88 Å². The molecule has 1 aromatic carbocycles. The Labute approximate surface area is 215 Å². The molecule has 4 rings (SSSR count). The number of benzene rings is 1. The van der Waals surface area contributed by atoms with Gasteiger partial charge in [0.2, 0.25) is 5.88 Å². The minimum Gasteiger partial charge on any atom is -0.472 e. The number of rotatable bonds is 5. The molecule has 1 amide bonds. The Morgan fingerprint density at radius 1 is 1.08 bits per heavy atom. The van der Waals surface area contributed by atoms with E-state index < -0.39 is 17.3 Å². The average molecular weight is 522 g/mol. The molecule has 7 nitrogen and oxygen atoms in total. The molecule has 2 saturated heterocycles. The number of ether oxygens (including phenoxy) is 2. The maximum atomic E-state index is 12.8. The smallest absolute Gasteiger partial charge is 0.417 e. The number of likely N-dealkylation sites (tertiary alicyclic amines) is 1. The molecular formula is C27H34F3N3O4. The van der Waals surface area contributed by atoms with E-state index in [1.54, 1.807) is 4.90 Å². The number of amides is 1. The van der Waals surface area contributed by atoms with E-state index in [1.165, 1.54) is 6.07 Å². The molecular weight excluding hydrogens is 487 g/mol. The number of nitrogens with zero attached hydrogens (tertiary/aromatic N) is 3. The summed E-state index contributed by atoms with van der Waals surface area (Å²) in [4.78, 5) is 20.0. The summed E-state index contributed by atoms with van der Waals surface area (Å²) in [5.74, 6) is 0.453. The number of aliphatic hydroxyl groups excluding tert-OH is 1. The Morgan fingerprint density at radius 2 is 1.81 bits per heavy atom. The van der Waals surface area contributed by atoms with Crippen LogP contribution in [0.5, 0.6) is 5.88 Å². The van der Waals surface area contributed by atoms with Gasteiger partial charge in [0.15, 0.2) is 0 Å². The van der Waals surface area contributed by atoms with E-state index in [1.807, 2.05) is 32.9 Å². The fourth-order valence-electron chi connectivity index (χ4n) is 4.85. The first-order valence-corrected chi connectivity index (χ1v) is 12.6. The molecule has 0 aliphatic carbocycles. The van der Waals surface area contributed by atoms with Gasteiger partial charge in [-0.15, -0.1) is 0 Å². The lowest BCUT2D eigenvalue weighted by Crippen LogP contribution is -2.41. The minimum atomic E-state index is -4.43. The molecule has 3 heterocycles. The zero-order valence-electron chi connectivity index (χ0n) is 21.4. The van der Waals surface area contributed by atoms with Gasteiger partial charge in [0.1, 0.15) is 11.7 Å². The zero-order chi connectivity index (χ0) is 26.8. The molecule has 10 heteroatoms. The SMILES string of the molecule is CC(C)(C)OC(=O)N1CCC(c2ccc(N3CCC(Oc4ccc(C(F)(F)F)cn4)C3)c(CO)c2)CC1. The van der Waals surface area contributed by atoms with Crippen LogP contribution in [0.4, 0.5) is 23.7 Å². The van der Waals surface area contributed by atoms with Crippen LogP contribution in [-0.4, -0.2) is 59.0 Å². The van der Waals surface area contributed by atoms with E-state index in [2.05, 4.69) is 16.0 Å². The summed E-state index contributed by atoms with van der Waals surface area (Å²) in [5.41, 5.74) is 1.55. The summed E-state index contributed by atoms with van der Waals surface area (Å²) in [6, 6.07) is 8.34. The molecule has 2 aliphatic heterocycles. The van der Waals surface area contributed by atoms with Crippen LogP contribution in [0.3, 0.4) is 0 Å². The molecule has 2 aliphatic rings. The van der Waals surface area contributed by atoms with Crippen LogP contribution >= 0.6 is 0 Å². The maximum absolute atomic E-state index is 12.8. The number of pyridine rings is 1. The highest BCUT2D eigenvalue weighted by Crippen LogP contribution is 2.34. The van der Waals surface area contributed by atoms with Gasteiger partial charge >= 0.3 is 12.3 Å². The maximum Gasteiger partial charge on any atom is 0.417 e. The quantitative estimate of drug-likeness (QED) is 0.571. The van der Waals surface area contributed by atoms with E-state index in [4.69, 9.17) is 9.47 Å². The third kappa shape index (κ3) is 6.85. The third-order valence-corrected chi connectivity index (χ3v) is 6.73. The Bertz CT molecular complexity index is 1080. The van der Waals surface area contributed by atoms with Gasteiger partial charge in [0, 0.05) is 49.6 Å². The highest BCUT2D eigenvalue weighted by atomic mass is 19.4. The fourth-order valence-corrected chi connectivity index (χ4v) is 4.85. The molecule has 2 aromatic rings. The number of aromatic nitrogens is 1. The Morgan fingerprint density at radius 3 is 2.41 bits per heavy atom. The Hall–Kier alpha value is -3.01. The number of piperidine rings is 1. The van der Waals surface area contributed by atoms with Gasteiger partial charge in [-0.05, 0) is 57.2 Å². The van der Waals surface area contributed by atoms with Crippen LogP contribution in [0.25, 0.3) is 0 Å². The van der Waals surface area contributed by atoms with Gasteiger partial charge in [-0.3, -0.25) is 0 Å². The molecule has 1 unspecified atom stereocenters. The van der Waals surface area contributed by atoms with Gasteiger partial charge < -0.3 is 24.4 Å². The number of anilines is 1. The number of alkyl halides is 3. The van der Waals surface area contributed by atoms with Crippen LogP contribution in [0.1, 0.15) is 62.6 Å². The monoisotopic (exact) mass is 521 g/mol. The van der Waals surface area contributed by atoms with E-state index in [9.17, 15) is 23.1 Å². The first kappa shape index (κ1) is 27.0. The topological polar surface area (TPSA) is 75.1 Å². The highest BCUT2D eigenvalue weighted by molar-refractivity contribution is 5.68. The average Bonchev–Trinajstić information content (AvgIpc) is 3.30. The normalized spacial score (nSPS) is 19.3. The second-order valence-electron chi connectivity index (χ2n) is 10.6. The van der Waals surface area contributed by atoms with E-state index in [0.717, 1.165) is 41.9 Å². The van der Waals surface area contributed by atoms with Crippen molar-refractivity contribution >= 4 is 11.8 Å². The van der Waals surface area contributed by atoms with Gasteiger partial charge in [-0.2, -0.15) is 13.2 Å². The molecule has 0 spiro atoms. The van der Waals surface area contributed by atoms with Crippen molar-refractivity contribution in [3.05, 3.63) is 53.2 Å². The molecule has 1 N–H and O–H groups in total. The fraction of sp³-hybridized carbons (Fsp3) is 0.556. The molecule has 202 valence electrons. The summed E-state index contributed by atoms with van der Waals surface area (Å²) in [5, 5.41) is 10.1. The minimum absolute atomic E-state index is 0.109. The van der Waals surface area contributed by atoms with Gasteiger partial charge in [0.05, 0.1) is 18.7 Å². The van der Waals surface area contributed by atoms with Crippen molar-refractivity contribution in [2.24, 2.45) is 0 Å². The number of carbonyl (C=O) groups is 1. The number of aliphatic hydroxyl groups is 1. The lowest BCUT2D eigenvalue weighted by Gasteiger charge is -2.34. The van der Waals surface area contributed by atoms with Crippen molar-refractivity contribution in [2.45, 2.75) is 70.4 Å². The van der Waals surface area contributed by atoms with Gasteiger partial charge in [-0.1, -0.05) is 12.1 Å². The van der Waals surface area contributed by atoms with E-state index in [0.29, 0.717) is 38.5 Å². The molecule has 1 atom stereocenters.